The monoisotopic (exact) mass is 547 g/mol. The minimum absolute atomic E-state index is 0.105. The Balaban J connectivity index is 1.25. The molecule has 2 saturated heterocycles. The van der Waals surface area contributed by atoms with E-state index in [-0.39, 0.29) is 16.7 Å². The highest BCUT2D eigenvalue weighted by Crippen LogP contribution is 2.31. The zero-order valence-corrected chi connectivity index (χ0v) is 22.1. The Kier molecular flexibility index (Phi) is 7.86. The molecule has 2 aliphatic rings. The zero-order chi connectivity index (χ0) is 25.8. The molecule has 2 fully saturated rings. The maximum Gasteiger partial charge on any atom is 0.243 e. The predicted molar refractivity (Wildman–Crippen MR) is 137 cm³/mol. The summed E-state index contributed by atoms with van der Waals surface area (Å²) in [5.41, 5.74) is 0.330. The van der Waals surface area contributed by atoms with Gasteiger partial charge in [-0.25, -0.2) is 8.42 Å². The molecule has 3 aromatic rings. The van der Waals surface area contributed by atoms with Gasteiger partial charge in [0.15, 0.2) is 0 Å². The molecule has 4 heterocycles. The van der Waals surface area contributed by atoms with Crippen molar-refractivity contribution >= 4 is 33.0 Å². The van der Waals surface area contributed by atoms with E-state index in [1.165, 1.54) is 23.5 Å². The third kappa shape index (κ3) is 5.85. The van der Waals surface area contributed by atoms with Crippen molar-refractivity contribution in [1.82, 2.24) is 19.3 Å². The summed E-state index contributed by atoms with van der Waals surface area (Å²) in [5.74, 6) is 1.00. The molecule has 0 bridgehead atoms. The SMILES string of the molecule is COc1ccc(S(=O)(=O)N2CCOCC2)cc1NC(=O)C1CCCN(Cc2nc(-c3cccs3)no2)C1. The summed E-state index contributed by atoms with van der Waals surface area (Å²) >= 11 is 1.55. The summed E-state index contributed by atoms with van der Waals surface area (Å²) in [6.07, 6.45) is 1.56. The molecule has 5 rings (SSSR count). The van der Waals surface area contributed by atoms with Crippen LogP contribution >= 0.6 is 11.3 Å². The van der Waals surface area contributed by atoms with Gasteiger partial charge in [0, 0.05) is 19.6 Å². The predicted octanol–water partition coefficient (Wildman–Crippen LogP) is 2.68. The number of nitrogens with zero attached hydrogens (tertiary/aromatic N) is 4. The molecule has 2 aromatic heterocycles. The first kappa shape index (κ1) is 25.8. The van der Waals surface area contributed by atoms with Gasteiger partial charge in [0.05, 0.1) is 48.2 Å². The summed E-state index contributed by atoms with van der Waals surface area (Å²) in [5, 5.41) is 8.93. The van der Waals surface area contributed by atoms with Gasteiger partial charge >= 0.3 is 0 Å². The Bertz CT molecular complexity index is 1320. The molecular formula is C24H29N5O6S2. The molecule has 1 N–H and O–H groups in total. The molecule has 2 aliphatic heterocycles. The fraction of sp³-hybridized carbons (Fsp3) is 0.458. The second-order valence-corrected chi connectivity index (χ2v) is 11.8. The smallest absolute Gasteiger partial charge is 0.243 e. The van der Waals surface area contributed by atoms with E-state index in [9.17, 15) is 13.2 Å². The number of amides is 1. The second kappa shape index (κ2) is 11.3. The number of nitrogens with one attached hydrogen (secondary N) is 1. The van der Waals surface area contributed by atoms with Crippen LogP contribution in [0.2, 0.25) is 0 Å². The number of carbonyl (C=O) groups excluding carboxylic acids is 1. The van der Waals surface area contributed by atoms with E-state index in [1.807, 2.05) is 17.5 Å². The number of anilines is 1. The summed E-state index contributed by atoms with van der Waals surface area (Å²) in [7, 11) is -2.23. The van der Waals surface area contributed by atoms with E-state index < -0.39 is 10.0 Å². The molecule has 13 heteroatoms. The van der Waals surface area contributed by atoms with Crippen LogP contribution < -0.4 is 10.1 Å². The molecule has 0 aliphatic carbocycles. The lowest BCUT2D eigenvalue weighted by Crippen LogP contribution is -2.41. The Morgan fingerprint density at radius 2 is 2.08 bits per heavy atom. The van der Waals surface area contributed by atoms with Crippen molar-refractivity contribution in [1.29, 1.82) is 0 Å². The first-order chi connectivity index (χ1) is 17.9. The van der Waals surface area contributed by atoms with Crippen LogP contribution in [0.25, 0.3) is 10.7 Å². The highest BCUT2D eigenvalue weighted by atomic mass is 32.2. The molecular weight excluding hydrogens is 518 g/mol. The number of hydrogen-bond acceptors (Lipinski definition) is 10. The number of methoxy groups -OCH3 is 1. The van der Waals surface area contributed by atoms with Gasteiger partial charge in [0.1, 0.15) is 5.75 Å². The van der Waals surface area contributed by atoms with Gasteiger partial charge in [-0.15, -0.1) is 11.3 Å². The van der Waals surface area contributed by atoms with Crippen molar-refractivity contribution in [3.8, 4) is 16.5 Å². The maximum absolute atomic E-state index is 13.2. The van der Waals surface area contributed by atoms with Crippen molar-refractivity contribution in [2.24, 2.45) is 5.92 Å². The van der Waals surface area contributed by atoms with E-state index in [2.05, 4.69) is 20.4 Å². The largest absolute Gasteiger partial charge is 0.495 e. The number of sulfonamides is 1. The molecule has 11 nitrogen and oxygen atoms in total. The Morgan fingerprint density at radius 1 is 1.24 bits per heavy atom. The van der Waals surface area contributed by atoms with E-state index in [1.54, 1.807) is 17.4 Å². The zero-order valence-electron chi connectivity index (χ0n) is 20.5. The van der Waals surface area contributed by atoms with Crippen molar-refractivity contribution in [2.75, 3.05) is 51.8 Å². The summed E-state index contributed by atoms with van der Waals surface area (Å²) in [4.78, 5) is 20.9. The number of thiophene rings is 1. The number of likely N-dealkylation sites (tertiary alicyclic amines) is 1. The molecule has 0 saturated carbocycles. The van der Waals surface area contributed by atoms with Gasteiger partial charge in [-0.1, -0.05) is 11.2 Å². The minimum atomic E-state index is -3.71. The maximum atomic E-state index is 13.2. The van der Waals surface area contributed by atoms with Crippen LogP contribution in [0.4, 0.5) is 5.69 Å². The third-order valence-corrected chi connectivity index (χ3v) is 9.24. The number of aromatic nitrogens is 2. The molecule has 1 aromatic carbocycles. The lowest BCUT2D eigenvalue weighted by atomic mass is 9.97. The Hall–Kier alpha value is -2.84. The Morgan fingerprint density at radius 3 is 2.84 bits per heavy atom. The molecule has 198 valence electrons. The first-order valence-electron chi connectivity index (χ1n) is 12.1. The Labute approximate surface area is 219 Å². The normalized spacial score (nSPS) is 19.5. The first-order valence-corrected chi connectivity index (χ1v) is 14.4. The molecule has 1 atom stereocenters. The van der Waals surface area contributed by atoms with Crippen molar-refractivity contribution < 1.29 is 27.2 Å². The van der Waals surface area contributed by atoms with Crippen molar-refractivity contribution in [3.05, 3.63) is 41.6 Å². The van der Waals surface area contributed by atoms with E-state index in [0.29, 0.717) is 62.5 Å². The van der Waals surface area contributed by atoms with Crippen LogP contribution in [0.15, 0.2) is 45.1 Å². The van der Waals surface area contributed by atoms with Gasteiger partial charge in [-0.2, -0.15) is 9.29 Å². The van der Waals surface area contributed by atoms with E-state index in [4.69, 9.17) is 14.0 Å². The summed E-state index contributed by atoms with van der Waals surface area (Å²) < 4.78 is 43.7. The number of benzene rings is 1. The van der Waals surface area contributed by atoms with Crippen LogP contribution in [0.5, 0.6) is 5.75 Å². The summed E-state index contributed by atoms with van der Waals surface area (Å²) in [6.45, 7) is 3.10. The van der Waals surface area contributed by atoms with E-state index in [0.717, 1.165) is 24.3 Å². The third-order valence-electron chi connectivity index (χ3n) is 6.48. The highest BCUT2D eigenvalue weighted by Gasteiger charge is 2.30. The quantitative estimate of drug-likeness (QED) is 0.453. The van der Waals surface area contributed by atoms with Gasteiger partial charge in [-0.05, 0) is 49.0 Å². The van der Waals surface area contributed by atoms with Gasteiger partial charge in [0.25, 0.3) is 0 Å². The number of hydrogen-bond donors (Lipinski definition) is 1. The minimum Gasteiger partial charge on any atom is -0.495 e. The van der Waals surface area contributed by atoms with Crippen LogP contribution in [0.3, 0.4) is 0 Å². The fourth-order valence-corrected chi connectivity index (χ4v) is 6.63. The second-order valence-electron chi connectivity index (χ2n) is 8.93. The average Bonchev–Trinajstić information content (AvgIpc) is 3.62. The lowest BCUT2D eigenvalue weighted by molar-refractivity contribution is -0.121. The highest BCUT2D eigenvalue weighted by molar-refractivity contribution is 7.89. The van der Waals surface area contributed by atoms with Gasteiger partial charge < -0.3 is 19.3 Å². The van der Waals surface area contributed by atoms with E-state index >= 15 is 0 Å². The molecule has 0 radical (unpaired) electrons. The van der Waals surface area contributed by atoms with Crippen LogP contribution in [0.1, 0.15) is 18.7 Å². The number of rotatable bonds is 8. The van der Waals surface area contributed by atoms with Crippen molar-refractivity contribution in [3.63, 3.8) is 0 Å². The number of piperidine rings is 1. The fourth-order valence-electron chi connectivity index (χ4n) is 4.55. The van der Waals surface area contributed by atoms with Gasteiger partial charge in [-0.3, -0.25) is 9.69 Å². The van der Waals surface area contributed by atoms with Crippen LogP contribution in [0, 0.1) is 5.92 Å². The van der Waals surface area contributed by atoms with Gasteiger partial charge in [0.2, 0.25) is 27.6 Å². The molecule has 1 unspecified atom stereocenters. The lowest BCUT2D eigenvalue weighted by Gasteiger charge is -2.31. The number of carbonyl (C=O) groups is 1. The molecule has 0 spiro atoms. The topological polar surface area (TPSA) is 127 Å². The summed E-state index contributed by atoms with van der Waals surface area (Å²) in [6, 6.07) is 8.41. The number of ether oxygens (including phenoxy) is 2. The van der Waals surface area contributed by atoms with Crippen LogP contribution in [-0.2, 0) is 26.1 Å². The van der Waals surface area contributed by atoms with Crippen molar-refractivity contribution in [2.45, 2.75) is 24.3 Å². The molecule has 37 heavy (non-hydrogen) atoms. The molecule has 1 amide bonds. The average molecular weight is 548 g/mol. The van der Waals surface area contributed by atoms with Crippen LogP contribution in [-0.4, -0.2) is 80.2 Å². The standard InChI is InChI=1S/C24H29N5O6S2/c1-33-20-7-6-18(37(31,32)29-9-11-34-12-10-29)14-19(20)25-24(30)17-4-2-8-28(15-17)16-22-26-23(27-35-22)21-5-3-13-36-21/h3,5-7,13-14,17H,2,4,8-12,15-16H2,1H3,(H,25,30). The number of morpholine rings is 1.